The van der Waals surface area contributed by atoms with Gasteiger partial charge in [-0.1, -0.05) is 35.9 Å². The van der Waals surface area contributed by atoms with E-state index in [4.69, 9.17) is 16.3 Å². The summed E-state index contributed by atoms with van der Waals surface area (Å²) in [5.74, 6) is -0.520. The fourth-order valence-electron chi connectivity index (χ4n) is 1.67. The lowest BCUT2D eigenvalue weighted by Crippen LogP contribution is -2.24. The van der Waals surface area contributed by atoms with Crippen LogP contribution in [0.2, 0.25) is 5.02 Å². The molecular weight excluding hydrogens is 322 g/mol. The Morgan fingerprint density at radius 1 is 1.30 bits per heavy atom. The summed E-state index contributed by atoms with van der Waals surface area (Å²) in [6.07, 6.45) is 1.43. The highest BCUT2D eigenvalue weighted by molar-refractivity contribution is 6.30. The highest BCUT2D eigenvalue weighted by Crippen LogP contribution is 2.25. The third kappa shape index (κ3) is 5.08. The van der Waals surface area contributed by atoms with Crippen molar-refractivity contribution in [1.82, 2.24) is 5.43 Å². The fraction of sp³-hybridized carbons (Fsp3) is 0.0667. The second kappa shape index (κ2) is 7.90. The number of amides is 1. The van der Waals surface area contributed by atoms with Crippen LogP contribution >= 0.6 is 11.6 Å². The van der Waals surface area contributed by atoms with Crippen LogP contribution in [-0.2, 0) is 4.79 Å². The summed E-state index contributed by atoms with van der Waals surface area (Å²) in [5, 5.41) is 15.1. The third-order valence-electron chi connectivity index (χ3n) is 2.67. The van der Waals surface area contributed by atoms with Gasteiger partial charge in [0.1, 0.15) is 0 Å². The Hall–Kier alpha value is -2.93. The van der Waals surface area contributed by atoms with Crippen molar-refractivity contribution < 1.29 is 14.5 Å². The molecule has 1 N–H and O–H groups in total. The van der Waals surface area contributed by atoms with Crippen LogP contribution in [0.1, 0.15) is 5.56 Å². The standard InChI is InChI=1S/C15H12ClN3O4/c16-12-5-3-4-11(8-12)9-17-18-15(20)10-23-14-7-2-1-6-13(14)19(21)22/h1-9H,10H2,(H,18,20). The van der Waals surface area contributed by atoms with E-state index in [1.807, 2.05) is 0 Å². The quantitative estimate of drug-likeness (QED) is 0.499. The van der Waals surface area contributed by atoms with Gasteiger partial charge in [0.25, 0.3) is 5.91 Å². The lowest BCUT2D eigenvalue weighted by atomic mass is 10.2. The minimum absolute atomic E-state index is 0.0199. The molecule has 0 bridgehead atoms. The lowest BCUT2D eigenvalue weighted by molar-refractivity contribution is -0.385. The molecule has 23 heavy (non-hydrogen) atoms. The smallest absolute Gasteiger partial charge is 0.310 e. The normalized spacial score (nSPS) is 10.5. The summed E-state index contributed by atoms with van der Waals surface area (Å²) in [4.78, 5) is 21.8. The van der Waals surface area contributed by atoms with Crippen LogP contribution < -0.4 is 10.2 Å². The van der Waals surface area contributed by atoms with E-state index in [0.717, 1.165) is 5.56 Å². The zero-order valence-corrected chi connectivity index (χ0v) is 12.6. The summed E-state index contributed by atoms with van der Waals surface area (Å²) < 4.78 is 5.13. The molecule has 2 rings (SSSR count). The first-order valence-electron chi connectivity index (χ1n) is 6.50. The number of carbonyl (C=O) groups is 1. The molecule has 2 aromatic rings. The third-order valence-corrected chi connectivity index (χ3v) is 2.91. The molecule has 2 aromatic carbocycles. The van der Waals surface area contributed by atoms with E-state index in [-0.39, 0.29) is 11.4 Å². The molecule has 0 spiro atoms. The van der Waals surface area contributed by atoms with Crippen LogP contribution in [0, 0.1) is 10.1 Å². The fourth-order valence-corrected chi connectivity index (χ4v) is 1.87. The number of rotatable bonds is 6. The van der Waals surface area contributed by atoms with Gasteiger partial charge in [-0.15, -0.1) is 0 Å². The molecule has 0 saturated heterocycles. The second-order valence-corrected chi connectivity index (χ2v) is 4.80. The van der Waals surface area contributed by atoms with E-state index in [1.54, 1.807) is 30.3 Å². The molecule has 0 heterocycles. The minimum Gasteiger partial charge on any atom is -0.477 e. The molecule has 0 atom stereocenters. The number of carbonyl (C=O) groups excluding carboxylic acids is 1. The van der Waals surface area contributed by atoms with E-state index in [0.29, 0.717) is 5.02 Å². The van der Waals surface area contributed by atoms with Crippen LogP contribution in [0.4, 0.5) is 5.69 Å². The zero-order chi connectivity index (χ0) is 16.7. The van der Waals surface area contributed by atoms with Gasteiger partial charge in [0, 0.05) is 11.1 Å². The predicted octanol–water partition coefficient (Wildman–Crippen LogP) is 2.78. The average molecular weight is 334 g/mol. The maximum atomic E-state index is 11.6. The number of halogens is 1. The number of benzene rings is 2. The van der Waals surface area contributed by atoms with Crippen LogP contribution in [0.3, 0.4) is 0 Å². The number of para-hydroxylation sites is 2. The van der Waals surface area contributed by atoms with Crippen LogP contribution in [-0.4, -0.2) is 23.7 Å². The number of hydrogen-bond donors (Lipinski definition) is 1. The Bertz CT molecular complexity index is 749. The summed E-state index contributed by atoms with van der Waals surface area (Å²) in [7, 11) is 0. The number of nitrogens with one attached hydrogen (secondary N) is 1. The molecule has 0 aromatic heterocycles. The monoisotopic (exact) mass is 333 g/mol. The van der Waals surface area contributed by atoms with Crippen molar-refractivity contribution in [3.8, 4) is 5.75 Å². The number of nitro benzene ring substituents is 1. The molecule has 0 saturated carbocycles. The molecule has 0 aliphatic carbocycles. The molecule has 8 heteroatoms. The number of hydrazone groups is 1. The number of ether oxygens (including phenoxy) is 1. The van der Waals surface area contributed by atoms with Crippen molar-refractivity contribution >= 4 is 29.4 Å². The molecule has 0 aliphatic heterocycles. The van der Waals surface area contributed by atoms with Gasteiger partial charge < -0.3 is 4.74 Å². The lowest BCUT2D eigenvalue weighted by Gasteiger charge is -2.05. The zero-order valence-electron chi connectivity index (χ0n) is 11.8. The van der Waals surface area contributed by atoms with Gasteiger partial charge in [-0.3, -0.25) is 14.9 Å². The van der Waals surface area contributed by atoms with Gasteiger partial charge >= 0.3 is 5.69 Å². The Morgan fingerprint density at radius 3 is 2.83 bits per heavy atom. The summed E-state index contributed by atoms with van der Waals surface area (Å²) >= 11 is 5.82. The maximum Gasteiger partial charge on any atom is 0.310 e. The van der Waals surface area contributed by atoms with E-state index >= 15 is 0 Å². The molecule has 7 nitrogen and oxygen atoms in total. The Labute approximate surface area is 136 Å². The molecule has 0 aliphatic rings. The number of hydrogen-bond acceptors (Lipinski definition) is 5. The van der Waals surface area contributed by atoms with Gasteiger partial charge in [-0.25, -0.2) is 5.43 Å². The average Bonchev–Trinajstić information content (AvgIpc) is 2.53. The van der Waals surface area contributed by atoms with Crippen LogP contribution in [0.5, 0.6) is 5.75 Å². The van der Waals surface area contributed by atoms with Crippen molar-refractivity contribution in [3.05, 3.63) is 69.2 Å². The SMILES string of the molecule is O=C(COc1ccccc1[N+](=O)[O-])NN=Cc1cccc(Cl)c1. The Morgan fingerprint density at radius 2 is 2.09 bits per heavy atom. The van der Waals surface area contributed by atoms with Crippen molar-refractivity contribution in [3.63, 3.8) is 0 Å². The van der Waals surface area contributed by atoms with Gasteiger partial charge in [0.15, 0.2) is 12.4 Å². The first-order valence-corrected chi connectivity index (χ1v) is 6.88. The Balaban J connectivity index is 1.87. The maximum absolute atomic E-state index is 11.6. The van der Waals surface area contributed by atoms with E-state index in [2.05, 4.69) is 10.5 Å². The van der Waals surface area contributed by atoms with Crippen molar-refractivity contribution in [1.29, 1.82) is 0 Å². The summed E-state index contributed by atoms with van der Waals surface area (Å²) in [6.45, 7) is -0.391. The topological polar surface area (TPSA) is 93.8 Å². The number of nitro groups is 1. The van der Waals surface area contributed by atoms with E-state index in [1.165, 1.54) is 24.4 Å². The summed E-state index contributed by atoms with van der Waals surface area (Å²) in [5.41, 5.74) is 2.78. The minimum atomic E-state index is -0.579. The van der Waals surface area contributed by atoms with Crippen molar-refractivity contribution in [2.45, 2.75) is 0 Å². The van der Waals surface area contributed by atoms with Gasteiger partial charge in [0.2, 0.25) is 0 Å². The first-order chi connectivity index (χ1) is 11.1. The van der Waals surface area contributed by atoms with Gasteiger partial charge in [-0.05, 0) is 23.8 Å². The highest BCUT2D eigenvalue weighted by Gasteiger charge is 2.14. The molecular formula is C15H12ClN3O4. The number of nitrogens with zero attached hydrogens (tertiary/aromatic N) is 2. The van der Waals surface area contributed by atoms with E-state index in [9.17, 15) is 14.9 Å². The molecule has 0 fully saturated rings. The van der Waals surface area contributed by atoms with E-state index < -0.39 is 17.4 Å². The largest absolute Gasteiger partial charge is 0.477 e. The second-order valence-electron chi connectivity index (χ2n) is 4.36. The predicted molar refractivity (Wildman–Crippen MR) is 85.8 cm³/mol. The van der Waals surface area contributed by atoms with Gasteiger partial charge in [-0.2, -0.15) is 5.10 Å². The molecule has 1 amide bonds. The molecule has 0 unspecified atom stereocenters. The highest BCUT2D eigenvalue weighted by atomic mass is 35.5. The Kier molecular flexibility index (Phi) is 5.65. The van der Waals surface area contributed by atoms with Crippen molar-refractivity contribution in [2.75, 3.05) is 6.61 Å². The first kappa shape index (κ1) is 16.4. The van der Waals surface area contributed by atoms with Crippen LogP contribution in [0.15, 0.2) is 53.6 Å². The molecule has 118 valence electrons. The van der Waals surface area contributed by atoms with Crippen molar-refractivity contribution in [2.24, 2.45) is 5.10 Å². The van der Waals surface area contributed by atoms with Gasteiger partial charge in [0.05, 0.1) is 11.1 Å². The summed E-state index contributed by atoms with van der Waals surface area (Å²) in [6, 6.07) is 12.7. The molecule has 0 radical (unpaired) electrons. The van der Waals surface area contributed by atoms with Crippen LogP contribution in [0.25, 0.3) is 0 Å².